The minimum Gasteiger partial charge on any atom is -0.486 e. The van der Waals surface area contributed by atoms with Crippen molar-refractivity contribution < 1.29 is 13.9 Å². The molecule has 0 aromatic heterocycles. The summed E-state index contributed by atoms with van der Waals surface area (Å²) >= 11 is 0. The SMILES string of the molecule is CCC#CCC(C)c1cc2c(cc1F)OCCO2. The lowest BCUT2D eigenvalue weighted by Crippen LogP contribution is -2.16. The van der Waals surface area contributed by atoms with Gasteiger partial charge in [-0.15, -0.1) is 11.8 Å². The van der Waals surface area contributed by atoms with E-state index >= 15 is 0 Å². The molecule has 1 heterocycles. The summed E-state index contributed by atoms with van der Waals surface area (Å²) in [5.74, 6) is 6.99. The number of ether oxygens (including phenoxy) is 2. The summed E-state index contributed by atoms with van der Waals surface area (Å²) in [7, 11) is 0. The normalized spacial score (nSPS) is 14.6. The summed E-state index contributed by atoms with van der Waals surface area (Å²) in [6.07, 6.45) is 1.49. The lowest BCUT2D eigenvalue weighted by Gasteiger charge is -2.20. The van der Waals surface area contributed by atoms with Crippen LogP contribution in [0.4, 0.5) is 4.39 Å². The van der Waals surface area contributed by atoms with Gasteiger partial charge in [0, 0.05) is 18.9 Å². The lowest BCUT2D eigenvalue weighted by molar-refractivity contribution is 0.170. The first-order chi connectivity index (χ1) is 8.72. The summed E-state index contributed by atoms with van der Waals surface area (Å²) in [6, 6.07) is 3.15. The van der Waals surface area contributed by atoms with Gasteiger partial charge in [-0.2, -0.15) is 0 Å². The van der Waals surface area contributed by atoms with Gasteiger partial charge >= 0.3 is 0 Å². The Morgan fingerprint density at radius 1 is 1.22 bits per heavy atom. The van der Waals surface area contributed by atoms with Crippen molar-refractivity contribution in [3.63, 3.8) is 0 Å². The molecule has 3 heteroatoms. The Hall–Kier alpha value is -1.69. The van der Waals surface area contributed by atoms with E-state index in [1.165, 1.54) is 6.07 Å². The highest BCUT2D eigenvalue weighted by molar-refractivity contribution is 5.45. The van der Waals surface area contributed by atoms with Crippen molar-refractivity contribution >= 4 is 0 Å². The molecular weight excluding hydrogens is 231 g/mol. The number of hydrogen-bond acceptors (Lipinski definition) is 2. The molecule has 0 saturated carbocycles. The van der Waals surface area contributed by atoms with Crippen molar-refractivity contribution in [1.82, 2.24) is 0 Å². The highest BCUT2D eigenvalue weighted by atomic mass is 19.1. The van der Waals surface area contributed by atoms with Crippen LogP contribution in [0.3, 0.4) is 0 Å². The van der Waals surface area contributed by atoms with E-state index < -0.39 is 0 Å². The van der Waals surface area contributed by atoms with Gasteiger partial charge < -0.3 is 9.47 Å². The average molecular weight is 248 g/mol. The van der Waals surface area contributed by atoms with Gasteiger partial charge in [0.1, 0.15) is 19.0 Å². The highest BCUT2D eigenvalue weighted by Gasteiger charge is 2.18. The van der Waals surface area contributed by atoms with Crippen molar-refractivity contribution in [3.05, 3.63) is 23.5 Å². The zero-order valence-electron chi connectivity index (χ0n) is 10.8. The number of halogens is 1. The maximum atomic E-state index is 14.0. The maximum absolute atomic E-state index is 14.0. The summed E-state index contributed by atoms with van der Waals surface area (Å²) in [5.41, 5.74) is 0.643. The van der Waals surface area contributed by atoms with Crippen LogP contribution in [-0.2, 0) is 0 Å². The zero-order chi connectivity index (χ0) is 13.0. The van der Waals surface area contributed by atoms with Crippen molar-refractivity contribution in [2.24, 2.45) is 0 Å². The Labute approximate surface area is 107 Å². The molecule has 0 amide bonds. The van der Waals surface area contributed by atoms with Gasteiger partial charge in [-0.05, 0) is 17.5 Å². The minimum absolute atomic E-state index is 0.0554. The monoisotopic (exact) mass is 248 g/mol. The fourth-order valence-corrected chi connectivity index (χ4v) is 1.92. The van der Waals surface area contributed by atoms with E-state index in [4.69, 9.17) is 9.47 Å². The molecule has 96 valence electrons. The predicted molar refractivity (Wildman–Crippen MR) is 68.5 cm³/mol. The van der Waals surface area contributed by atoms with Gasteiger partial charge in [0.25, 0.3) is 0 Å². The fraction of sp³-hybridized carbons (Fsp3) is 0.467. The molecule has 2 rings (SSSR count). The molecule has 0 saturated heterocycles. The lowest BCUT2D eigenvalue weighted by atomic mass is 9.97. The standard InChI is InChI=1S/C15H17FO2/c1-3-4-5-6-11(2)12-9-14-15(10-13(12)16)18-8-7-17-14/h9-11H,3,6-8H2,1-2H3. The average Bonchev–Trinajstić information content (AvgIpc) is 2.38. The molecule has 1 aliphatic rings. The van der Waals surface area contributed by atoms with Gasteiger partial charge in [-0.3, -0.25) is 0 Å². The second-order valence-electron chi connectivity index (χ2n) is 4.33. The summed E-state index contributed by atoms with van der Waals surface area (Å²) in [6.45, 7) is 4.96. The molecule has 0 N–H and O–H groups in total. The van der Waals surface area contributed by atoms with E-state index in [-0.39, 0.29) is 11.7 Å². The van der Waals surface area contributed by atoms with Gasteiger partial charge in [0.2, 0.25) is 0 Å². The summed E-state index contributed by atoms with van der Waals surface area (Å²) in [4.78, 5) is 0. The molecule has 0 fully saturated rings. The van der Waals surface area contributed by atoms with Crippen LogP contribution < -0.4 is 9.47 Å². The van der Waals surface area contributed by atoms with E-state index in [0.29, 0.717) is 36.7 Å². The molecule has 1 aromatic carbocycles. The smallest absolute Gasteiger partial charge is 0.164 e. The van der Waals surface area contributed by atoms with Crippen molar-refractivity contribution in [1.29, 1.82) is 0 Å². The third kappa shape index (κ3) is 2.76. The second-order valence-corrected chi connectivity index (χ2v) is 4.33. The first-order valence-corrected chi connectivity index (χ1v) is 6.27. The quantitative estimate of drug-likeness (QED) is 0.746. The molecule has 0 spiro atoms. The molecule has 2 nitrogen and oxygen atoms in total. The van der Waals surface area contributed by atoms with Crippen molar-refractivity contribution in [3.8, 4) is 23.3 Å². The first kappa shape index (κ1) is 12.8. The number of rotatable bonds is 2. The van der Waals surface area contributed by atoms with Gasteiger partial charge in [0.05, 0.1) is 0 Å². The van der Waals surface area contributed by atoms with Crippen molar-refractivity contribution in [2.45, 2.75) is 32.6 Å². The van der Waals surface area contributed by atoms with E-state index in [0.717, 1.165) is 6.42 Å². The molecule has 18 heavy (non-hydrogen) atoms. The molecule has 1 unspecified atom stereocenters. The summed E-state index contributed by atoms with van der Waals surface area (Å²) in [5, 5.41) is 0. The molecular formula is C15H17FO2. The molecule has 1 aromatic rings. The van der Waals surface area contributed by atoms with Crippen LogP contribution >= 0.6 is 0 Å². The Kier molecular flexibility index (Phi) is 4.09. The molecule has 1 aliphatic heterocycles. The minimum atomic E-state index is -0.245. The van der Waals surface area contributed by atoms with Gasteiger partial charge in [-0.25, -0.2) is 4.39 Å². The van der Waals surface area contributed by atoms with E-state index in [2.05, 4.69) is 11.8 Å². The predicted octanol–water partition coefficient (Wildman–Crippen LogP) is 3.50. The Morgan fingerprint density at radius 3 is 2.56 bits per heavy atom. The molecule has 0 radical (unpaired) electrons. The topological polar surface area (TPSA) is 18.5 Å². The van der Waals surface area contributed by atoms with Crippen LogP contribution in [0.25, 0.3) is 0 Å². The third-order valence-electron chi connectivity index (χ3n) is 2.90. The number of fused-ring (bicyclic) bond motifs is 1. The molecule has 0 aliphatic carbocycles. The number of hydrogen-bond donors (Lipinski definition) is 0. The van der Waals surface area contributed by atoms with E-state index in [9.17, 15) is 4.39 Å². The first-order valence-electron chi connectivity index (χ1n) is 6.27. The Morgan fingerprint density at radius 2 is 1.89 bits per heavy atom. The highest BCUT2D eigenvalue weighted by Crippen LogP contribution is 2.35. The van der Waals surface area contributed by atoms with E-state index in [1.54, 1.807) is 6.07 Å². The third-order valence-corrected chi connectivity index (χ3v) is 2.90. The molecule has 1 atom stereocenters. The van der Waals surface area contributed by atoms with E-state index in [1.807, 2.05) is 13.8 Å². The van der Waals surface area contributed by atoms with Crippen LogP contribution in [-0.4, -0.2) is 13.2 Å². The van der Waals surface area contributed by atoms with Crippen LogP contribution in [0.15, 0.2) is 12.1 Å². The second kappa shape index (κ2) is 5.77. The van der Waals surface area contributed by atoms with Crippen LogP contribution in [0.5, 0.6) is 11.5 Å². The van der Waals surface area contributed by atoms with Crippen LogP contribution in [0.2, 0.25) is 0 Å². The zero-order valence-corrected chi connectivity index (χ0v) is 10.8. The van der Waals surface area contributed by atoms with Gasteiger partial charge in [0.15, 0.2) is 11.5 Å². The number of benzene rings is 1. The largest absolute Gasteiger partial charge is 0.486 e. The van der Waals surface area contributed by atoms with Crippen LogP contribution in [0.1, 0.15) is 38.2 Å². The van der Waals surface area contributed by atoms with Crippen LogP contribution in [0, 0.1) is 17.7 Å². The van der Waals surface area contributed by atoms with Gasteiger partial charge in [-0.1, -0.05) is 13.8 Å². The van der Waals surface area contributed by atoms with Crippen molar-refractivity contribution in [2.75, 3.05) is 13.2 Å². The Balaban J connectivity index is 2.22. The Bertz CT molecular complexity index is 485. The maximum Gasteiger partial charge on any atom is 0.164 e. The molecule has 0 bridgehead atoms. The summed E-state index contributed by atoms with van der Waals surface area (Å²) < 4.78 is 24.8. The fourth-order valence-electron chi connectivity index (χ4n) is 1.92.